The van der Waals surface area contributed by atoms with Gasteiger partial charge in [0.25, 0.3) is 0 Å². The van der Waals surface area contributed by atoms with E-state index in [1.165, 1.54) is 12.1 Å². The molecule has 1 aliphatic rings. The first-order chi connectivity index (χ1) is 11.8. The van der Waals surface area contributed by atoms with Crippen LogP contribution in [0.4, 0.5) is 10.1 Å². The van der Waals surface area contributed by atoms with Crippen molar-refractivity contribution in [1.29, 1.82) is 0 Å². The lowest BCUT2D eigenvalue weighted by Gasteiger charge is -2.36. The van der Waals surface area contributed by atoms with Gasteiger partial charge >= 0.3 is 0 Å². The van der Waals surface area contributed by atoms with Gasteiger partial charge in [-0.15, -0.1) is 0 Å². The van der Waals surface area contributed by atoms with Crippen molar-refractivity contribution in [1.82, 2.24) is 4.98 Å². The maximum Gasteiger partial charge on any atom is 0.123 e. The molecule has 0 bridgehead atoms. The highest BCUT2D eigenvalue weighted by Gasteiger charge is 2.24. The van der Waals surface area contributed by atoms with Crippen molar-refractivity contribution in [2.45, 2.75) is 39.2 Å². The van der Waals surface area contributed by atoms with E-state index < -0.39 is 0 Å². The van der Waals surface area contributed by atoms with Crippen LogP contribution in [0.25, 0.3) is 11.3 Å². The minimum atomic E-state index is -0.316. The van der Waals surface area contributed by atoms with E-state index in [2.05, 4.69) is 38.7 Å². The number of ether oxygens (including phenoxy) is 1. The molecule has 1 atom stereocenters. The van der Waals surface area contributed by atoms with Crippen LogP contribution in [0.3, 0.4) is 0 Å². The molecule has 25 heavy (non-hydrogen) atoms. The van der Waals surface area contributed by atoms with Crippen LogP contribution in [-0.2, 0) is 10.2 Å². The third-order valence-corrected chi connectivity index (χ3v) is 4.81. The van der Waals surface area contributed by atoms with Crippen molar-refractivity contribution in [2.75, 3.05) is 24.7 Å². The van der Waals surface area contributed by atoms with Crippen molar-refractivity contribution in [2.24, 2.45) is 0 Å². The van der Waals surface area contributed by atoms with E-state index in [1.807, 2.05) is 6.07 Å². The van der Waals surface area contributed by atoms with Crippen molar-refractivity contribution in [3.63, 3.8) is 0 Å². The zero-order chi connectivity index (χ0) is 18.2. The molecule has 5 heteroatoms. The number of anilines is 1. The third kappa shape index (κ3) is 3.96. The number of morpholine rings is 1. The molecule has 1 saturated heterocycles. The predicted molar refractivity (Wildman–Crippen MR) is 101 cm³/mol. The number of benzene rings is 1. The van der Waals surface area contributed by atoms with Gasteiger partial charge in [0.15, 0.2) is 0 Å². The topological polar surface area (TPSA) is 25.4 Å². The fraction of sp³-hybridized carbons (Fsp3) is 0.450. The van der Waals surface area contributed by atoms with Gasteiger partial charge in [0, 0.05) is 34.9 Å². The van der Waals surface area contributed by atoms with Crippen molar-refractivity contribution < 1.29 is 9.13 Å². The molecule has 0 amide bonds. The summed E-state index contributed by atoms with van der Waals surface area (Å²) in [6.45, 7) is 10.7. The van der Waals surface area contributed by atoms with Crippen LogP contribution < -0.4 is 4.90 Å². The first-order valence-electron chi connectivity index (χ1n) is 8.58. The Morgan fingerprint density at radius 1 is 1.24 bits per heavy atom. The third-order valence-electron chi connectivity index (χ3n) is 4.48. The van der Waals surface area contributed by atoms with Crippen LogP contribution in [0, 0.1) is 5.82 Å². The van der Waals surface area contributed by atoms with E-state index >= 15 is 0 Å². The molecular weight excluding hydrogens is 339 g/mol. The summed E-state index contributed by atoms with van der Waals surface area (Å²) in [4.78, 5) is 7.10. The average molecular weight is 363 g/mol. The molecule has 0 radical (unpaired) electrons. The summed E-state index contributed by atoms with van der Waals surface area (Å²) in [6.07, 6.45) is 0. The summed E-state index contributed by atoms with van der Waals surface area (Å²) in [5.74, 6) is -0.316. The number of pyridine rings is 1. The second kappa shape index (κ2) is 6.93. The molecule has 0 unspecified atom stereocenters. The molecule has 3 nitrogen and oxygen atoms in total. The first-order valence-corrected chi connectivity index (χ1v) is 8.96. The van der Waals surface area contributed by atoms with E-state index in [0.29, 0.717) is 29.5 Å². The molecule has 0 N–H and O–H groups in total. The largest absolute Gasteiger partial charge is 0.377 e. The van der Waals surface area contributed by atoms with Gasteiger partial charge in [-0.25, -0.2) is 4.39 Å². The van der Waals surface area contributed by atoms with E-state index in [9.17, 15) is 4.39 Å². The second-order valence-corrected chi connectivity index (χ2v) is 7.99. The van der Waals surface area contributed by atoms with Crippen molar-refractivity contribution >= 4 is 17.3 Å². The molecule has 0 spiro atoms. The number of rotatable bonds is 2. The van der Waals surface area contributed by atoms with Crippen molar-refractivity contribution in [3.05, 3.63) is 46.9 Å². The van der Waals surface area contributed by atoms with Crippen LogP contribution >= 0.6 is 11.6 Å². The zero-order valence-electron chi connectivity index (χ0n) is 15.1. The Morgan fingerprint density at radius 3 is 2.68 bits per heavy atom. The van der Waals surface area contributed by atoms with Crippen molar-refractivity contribution in [3.8, 4) is 11.3 Å². The normalized spacial score (nSPS) is 18.5. The van der Waals surface area contributed by atoms with Gasteiger partial charge in [0.2, 0.25) is 0 Å². The standard InChI is InChI=1S/C20H24ClFN2O/c1-13-12-25-8-7-24(13)15-10-18(23-19(11-15)20(2,3)4)16-9-14(22)5-6-17(16)21/h5-6,9-11,13H,7-8,12H2,1-4H3/t13-/m1/s1. The first kappa shape index (κ1) is 18.2. The summed E-state index contributed by atoms with van der Waals surface area (Å²) in [7, 11) is 0. The smallest absolute Gasteiger partial charge is 0.123 e. The summed E-state index contributed by atoms with van der Waals surface area (Å²) in [5.41, 5.74) is 3.23. The highest BCUT2D eigenvalue weighted by molar-refractivity contribution is 6.33. The number of hydrogen-bond donors (Lipinski definition) is 0. The molecule has 1 aliphatic heterocycles. The number of halogens is 2. The fourth-order valence-corrected chi connectivity index (χ4v) is 3.22. The Balaban J connectivity index is 2.15. The van der Waals surface area contributed by atoms with E-state index in [-0.39, 0.29) is 17.3 Å². The monoisotopic (exact) mass is 362 g/mol. The highest BCUT2D eigenvalue weighted by Crippen LogP contribution is 2.34. The SMILES string of the molecule is C[C@@H]1COCCN1c1cc(-c2cc(F)ccc2Cl)nc(C(C)(C)C)c1. The molecule has 2 heterocycles. The van der Waals surface area contributed by atoms with Crippen LogP contribution in [0.1, 0.15) is 33.4 Å². The van der Waals surface area contributed by atoms with E-state index in [4.69, 9.17) is 21.3 Å². The molecule has 1 aromatic heterocycles. The quantitative estimate of drug-likeness (QED) is 0.746. The average Bonchev–Trinajstić information content (AvgIpc) is 2.56. The molecule has 2 aromatic rings. The van der Waals surface area contributed by atoms with Gasteiger partial charge in [-0.05, 0) is 37.3 Å². The Hall–Kier alpha value is -1.65. The van der Waals surface area contributed by atoms with Crippen LogP contribution in [0.2, 0.25) is 5.02 Å². The molecule has 1 fully saturated rings. The van der Waals surface area contributed by atoms with Gasteiger partial charge in [-0.2, -0.15) is 0 Å². The lowest BCUT2D eigenvalue weighted by atomic mass is 9.90. The summed E-state index contributed by atoms with van der Waals surface area (Å²) >= 11 is 6.32. The summed E-state index contributed by atoms with van der Waals surface area (Å²) in [5, 5.41) is 0.501. The molecule has 3 rings (SSSR count). The highest BCUT2D eigenvalue weighted by atomic mass is 35.5. The maximum absolute atomic E-state index is 13.8. The molecule has 134 valence electrons. The molecule has 1 aromatic carbocycles. The Morgan fingerprint density at radius 2 is 2.00 bits per heavy atom. The molecule has 0 saturated carbocycles. The Kier molecular flexibility index (Phi) is 5.03. The number of hydrogen-bond acceptors (Lipinski definition) is 3. The Bertz CT molecular complexity index is 773. The molecule has 0 aliphatic carbocycles. The number of aromatic nitrogens is 1. The van der Waals surface area contributed by atoms with Gasteiger partial charge in [0.05, 0.1) is 23.9 Å². The fourth-order valence-electron chi connectivity index (χ4n) is 3.01. The Labute approximate surface area is 153 Å². The molecular formula is C20H24ClFN2O. The van der Waals surface area contributed by atoms with E-state index in [1.54, 1.807) is 6.07 Å². The zero-order valence-corrected chi connectivity index (χ0v) is 15.9. The van der Waals surface area contributed by atoms with Crippen LogP contribution in [0.5, 0.6) is 0 Å². The summed E-state index contributed by atoms with van der Waals surface area (Å²) in [6, 6.07) is 8.79. The second-order valence-electron chi connectivity index (χ2n) is 7.59. The number of nitrogens with zero attached hydrogens (tertiary/aromatic N) is 2. The van der Waals surface area contributed by atoms with Crippen LogP contribution in [-0.4, -0.2) is 30.8 Å². The van der Waals surface area contributed by atoms with Crippen LogP contribution in [0.15, 0.2) is 30.3 Å². The lowest BCUT2D eigenvalue weighted by molar-refractivity contribution is 0.0989. The minimum Gasteiger partial charge on any atom is -0.377 e. The lowest BCUT2D eigenvalue weighted by Crippen LogP contribution is -2.43. The van der Waals surface area contributed by atoms with Gasteiger partial charge in [-0.1, -0.05) is 32.4 Å². The predicted octanol–water partition coefficient (Wildman–Crippen LogP) is 5.06. The van der Waals surface area contributed by atoms with E-state index in [0.717, 1.165) is 17.9 Å². The van der Waals surface area contributed by atoms with Gasteiger partial charge < -0.3 is 9.64 Å². The van der Waals surface area contributed by atoms with Gasteiger partial charge in [-0.3, -0.25) is 4.98 Å². The van der Waals surface area contributed by atoms with Gasteiger partial charge in [0.1, 0.15) is 5.82 Å². The summed E-state index contributed by atoms with van der Waals surface area (Å²) < 4.78 is 19.3. The maximum atomic E-state index is 13.8. The minimum absolute atomic E-state index is 0.125.